The van der Waals surface area contributed by atoms with Crippen molar-refractivity contribution in [2.75, 3.05) is 144 Å². The molecule has 4 aliphatic carbocycles. The van der Waals surface area contributed by atoms with Crippen molar-refractivity contribution in [3.63, 3.8) is 0 Å². The molecule has 0 aromatic rings. The van der Waals surface area contributed by atoms with E-state index >= 15 is 0 Å². The quantitative estimate of drug-likeness (QED) is 0.0830. The normalized spacial score (nSPS) is 26.5. The smallest absolute Gasteiger partial charge is 0.254 e. The van der Waals surface area contributed by atoms with Gasteiger partial charge in [-0.05, 0) is 44.6 Å². The Morgan fingerprint density at radius 1 is 0.741 bits per heavy atom. The summed E-state index contributed by atoms with van der Waals surface area (Å²) in [5.41, 5.74) is 5.96. The summed E-state index contributed by atoms with van der Waals surface area (Å²) in [4.78, 5) is 115. The Morgan fingerprint density at radius 2 is 1.33 bits per heavy atom. The van der Waals surface area contributed by atoms with Crippen molar-refractivity contribution in [3.8, 4) is 0 Å². The number of ketones is 1. The molecule has 7 amide bonds. The first-order chi connectivity index (χ1) is 39.2. The number of nitrogens with one attached hydrogen (secondary N) is 7. The van der Waals surface area contributed by atoms with Crippen LogP contribution in [0.2, 0.25) is 0 Å². The van der Waals surface area contributed by atoms with Gasteiger partial charge in [-0.1, -0.05) is 43.7 Å². The fourth-order valence-corrected chi connectivity index (χ4v) is 10.6. The van der Waals surface area contributed by atoms with E-state index in [1.54, 1.807) is 24.3 Å². The Bertz CT molecular complexity index is 2410. The maximum atomic E-state index is 14.1. The van der Waals surface area contributed by atoms with Gasteiger partial charge in [-0.2, -0.15) is 0 Å². The second-order valence-electron chi connectivity index (χ2n) is 20.8. The molecule has 2 fully saturated rings. The maximum absolute atomic E-state index is 14.1. The Balaban J connectivity index is 1.17. The van der Waals surface area contributed by atoms with E-state index < -0.39 is 95.4 Å². The number of amides is 7. The number of carbonyl (C=O) groups is 8. The van der Waals surface area contributed by atoms with Crippen LogP contribution < -0.4 is 43.0 Å². The van der Waals surface area contributed by atoms with Gasteiger partial charge in [-0.15, -0.1) is 0 Å². The summed E-state index contributed by atoms with van der Waals surface area (Å²) in [6.45, 7) is 7.33. The number of nitrogens with zero attached hydrogens (tertiary/aromatic N) is 3. The van der Waals surface area contributed by atoms with Crippen LogP contribution in [0.25, 0.3) is 0 Å². The van der Waals surface area contributed by atoms with Gasteiger partial charge in [0.15, 0.2) is 5.78 Å². The fraction of sp³-hybridized carbons (Fsp3) is 0.643. The summed E-state index contributed by atoms with van der Waals surface area (Å²) < 4.78 is 17.2. The lowest BCUT2D eigenvalue weighted by atomic mass is 9.76. The first kappa shape index (κ1) is 63.9. The number of ether oxygens (including phenoxy) is 3. The number of hydrogen-bond donors (Lipinski definition) is 11. The van der Waals surface area contributed by atoms with E-state index in [-0.39, 0.29) is 113 Å². The van der Waals surface area contributed by atoms with Gasteiger partial charge in [-0.3, -0.25) is 53.1 Å². The van der Waals surface area contributed by atoms with Gasteiger partial charge in [0.2, 0.25) is 23.6 Å². The summed E-state index contributed by atoms with van der Waals surface area (Å²) >= 11 is 0. The van der Waals surface area contributed by atoms with Crippen LogP contribution in [0.1, 0.15) is 51.9 Å². The number of aliphatic hydroxyl groups is 3. The summed E-state index contributed by atoms with van der Waals surface area (Å²) in [6, 6.07) is 0. The van der Waals surface area contributed by atoms with Gasteiger partial charge in [0.1, 0.15) is 24.2 Å². The van der Waals surface area contributed by atoms with Crippen LogP contribution in [-0.2, 0) is 52.6 Å². The molecule has 1 saturated carbocycles. The summed E-state index contributed by atoms with van der Waals surface area (Å²) in [7, 11) is 0. The fourth-order valence-electron chi connectivity index (χ4n) is 10.6. The van der Waals surface area contributed by atoms with Crippen molar-refractivity contribution in [3.05, 3.63) is 70.3 Å². The number of hydrogen-bond acceptors (Lipinski definition) is 18. The molecule has 0 aromatic carbocycles. The number of carbonyl (C=O) groups excluding carboxylic acids is 8. The Labute approximate surface area is 473 Å². The standard InChI is InChI=1S/C56H85N11O14/c1-2-32-79-34-35-80-33-22-64-56(78)44-14-6-13-43-49(44)81-36-45(68)37-7-3-8-38(46(37)69)50(72)60-18-26-67(29-21-63-55(43)77)31-30-66-27-19-61-53(75)41-11-4-9-39(47(41)70)51(73)58-16-24-65(23-15-57)25-17-59-52(74)40-10-5-12-42(48(40)71)54(76)62-20-28-66/h4,6,10-11,13-14,37-39,43,46,49,69-71H,2-3,5,7-9,12,15-36,57H2,1H3,(H,58,73)(H,59,74)(H,60,72)(H,61,75)(H,62,76)(H,63,77)(H,64,78). The molecular weight excluding hydrogens is 1050 g/mol. The number of rotatable bonds is 14. The largest absolute Gasteiger partial charge is 0.511 e. The molecule has 1 saturated heterocycles. The second kappa shape index (κ2) is 33.6. The maximum Gasteiger partial charge on any atom is 0.254 e. The highest BCUT2D eigenvalue weighted by Crippen LogP contribution is 2.32. The molecule has 2 aliphatic heterocycles. The van der Waals surface area contributed by atoms with Gasteiger partial charge < -0.3 is 72.5 Å². The van der Waals surface area contributed by atoms with Crippen LogP contribution in [0.15, 0.2) is 70.3 Å². The van der Waals surface area contributed by atoms with Gasteiger partial charge in [0.05, 0.1) is 60.4 Å². The van der Waals surface area contributed by atoms with Crippen LogP contribution in [0.3, 0.4) is 0 Å². The minimum absolute atomic E-state index is 0.0144. The molecule has 6 rings (SSSR count). The molecule has 81 heavy (non-hydrogen) atoms. The summed E-state index contributed by atoms with van der Waals surface area (Å²) in [5.74, 6) is -8.55. The van der Waals surface area contributed by atoms with E-state index in [0.29, 0.717) is 91.3 Å². The zero-order valence-corrected chi connectivity index (χ0v) is 46.7. The first-order valence-corrected chi connectivity index (χ1v) is 28.6. The lowest BCUT2D eigenvalue weighted by molar-refractivity contribution is -0.144. The highest BCUT2D eigenvalue weighted by Gasteiger charge is 2.42. The van der Waals surface area contributed by atoms with Crippen molar-refractivity contribution in [2.45, 2.75) is 64.1 Å². The number of nitrogens with two attached hydrogens (primary N) is 1. The lowest BCUT2D eigenvalue weighted by Crippen LogP contribution is -2.48. The van der Waals surface area contributed by atoms with Gasteiger partial charge >= 0.3 is 0 Å². The van der Waals surface area contributed by atoms with Crippen molar-refractivity contribution in [1.29, 1.82) is 0 Å². The SMILES string of the molecule is CCCOCCOCCNC(=O)C1=CC=CC2C(=O)NCCN(CCN3CCNC(=O)C4=C(O)C(CC=C4)C(=O)NCCN(CCN)CCNC(=O)C4=CCCC(=C4O)C(=O)NCC3)CCNC(=O)C3CCCC(C(=O)COC12)C3O. The molecule has 448 valence electrons. The predicted molar refractivity (Wildman–Crippen MR) is 298 cm³/mol. The molecule has 2 heterocycles. The third-order valence-corrected chi connectivity index (χ3v) is 15.2. The monoisotopic (exact) mass is 1140 g/mol. The van der Waals surface area contributed by atoms with Crippen LogP contribution in [0.4, 0.5) is 0 Å². The third-order valence-electron chi connectivity index (χ3n) is 15.2. The summed E-state index contributed by atoms with van der Waals surface area (Å²) in [5, 5.41) is 54.0. The first-order valence-electron chi connectivity index (χ1n) is 28.6. The summed E-state index contributed by atoms with van der Waals surface area (Å²) in [6.07, 6.45) is 9.78. The molecule has 0 radical (unpaired) electrons. The molecule has 25 nitrogen and oxygen atoms in total. The minimum atomic E-state index is -1.29. The molecule has 0 spiro atoms. The molecule has 6 atom stereocenters. The van der Waals surface area contributed by atoms with E-state index in [4.69, 9.17) is 19.9 Å². The second-order valence-corrected chi connectivity index (χ2v) is 20.8. The number of allylic oxidation sites excluding steroid dienone is 4. The van der Waals surface area contributed by atoms with Crippen molar-refractivity contribution < 1.29 is 67.9 Å². The van der Waals surface area contributed by atoms with E-state index in [1.165, 1.54) is 12.2 Å². The van der Waals surface area contributed by atoms with E-state index in [9.17, 15) is 53.7 Å². The third kappa shape index (κ3) is 19.1. The van der Waals surface area contributed by atoms with Crippen molar-refractivity contribution in [2.24, 2.45) is 29.4 Å². The van der Waals surface area contributed by atoms with Gasteiger partial charge in [0.25, 0.3) is 17.7 Å². The Hall–Kier alpha value is -6.32. The van der Waals surface area contributed by atoms with Gasteiger partial charge in [-0.25, -0.2) is 0 Å². The van der Waals surface area contributed by atoms with E-state index in [2.05, 4.69) is 37.2 Å². The predicted octanol–water partition coefficient (Wildman–Crippen LogP) is -2.10. The van der Waals surface area contributed by atoms with Crippen LogP contribution in [-0.4, -0.2) is 234 Å². The number of Topliss-reactive ketones (excluding diaryl/α,β-unsaturated/α-hetero) is 1. The van der Waals surface area contributed by atoms with Crippen molar-refractivity contribution in [1.82, 2.24) is 51.9 Å². The molecular formula is C56H85N11O14. The molecule has 6 bridgehead atoms. The van der Waals surface area contributed by atoms with Crippen LogP contribution in [0.5, 0.6) is 0 Å². The average Bonchev–Trinajstić information content (AvgIpc) is 3.49. The van der Waals surface area contributed by atoms with Gasteiger partial charge in [0, 0.05) is 129 Å². The topological polar surface area (TPSA) is 345 Å². The number of fused-ring (bicyclic) bond motifs is 5. The van der Waals surface area contributed by atoms with E-state index in [0.717, 1.165) is 6.42 Å². The van der Waals surface area contributed by atoms with Crippen LogP contribution >= 0.6 is 0 Å². The molecule has 6 aliphatic rings. The van der Waals surface area contributed by atoms with Crippen LogP contribution in [0, 0.1) is 23.7 Å². The lowest BCUT2D eigenvalue weighted by Gasteiger charge is -2.34. The zero-order valence-electron chi connectivity index (χ0n) is 46.7. The molecule has 0 aromatic heterocycles. The minimum Gasteiger partial charge on any atom is -0.511 e. The average molecular weight is 1140 g/mol. The highest BCUT2D eigenvalue weighted by molar-refractivity contribution is 6.03. The molecule has 12 N–H and O–H groups in total. The highest BCUT2D eigenvalue weighted by atomic mass is 16.5. The Morgan fingerprint density at radius 3 is 2.00 bits per heavy atom. The zero-order chi connectivity index (χ0) is 58.1. The Kier molecular flexibility index (Phi) is 26.5. The van der Waals surface area contributed by atoms with Crippen molar-refractivity contribution >= 4 is 47.1 Å². The number of aliphatic hydroxyl groups excluding tert-OH is 3. The molecule has 6 unspecified atom stereocenters. The van der Waals surface area contributed by atoms with E-state index in [1.807, 2.05) is 21.6 Å². The molecule has 25 heteroatoms.